The van der Waals surface area contributed by atoms with E-state index in [0.717, 1.165) is 11.1 Å². The Morgan fingerprint density at radius 2 is 1.41 bits per heavy atom. The molecule has 1 heterocycles. The summed E-state index contributed by atoms with van der Waals surface area (Å²) in [7, 11) is 0. The number of nitrogen functional groups attached to an aromatic ring is 1. The van der Waals surface area contributed by atoms with Crippen molar-refractivity contribution in [1.82, 2.24) is 9.97 Å². The van der Waals surface area contributed by atoms with Crippen LogP contribution >= 0.6 is 11.6 Å². The molecule has 0 aliphatic carbocycles. The van der Waals surface area contributed by atoms with E-state index in [2.05, 4.69) is 39.6 Å². The number of hydrogen-bond acceptors (Lipinski definition) is 4. The van der Waals surface area contributed by atoms with Crippen molar-refractivity contribution in [3.63, 3.8) is 0 Å². The average molecular weight is 311 g/mol. The fraction of sp³-hybridized carbons (Fsp3) is 0.0588. The highest BCUT2D eigenvalue weighted by atomic mass is 35.5. The van der Waals surface area contributed by atoms with E-state index in [0.29, 0.717) is 11.5 Å². The second-order valence-corrected chi connectivity index (χ2v) is 5.18. The summed E-state index contributed by atoms with van der Waals surface area (Å²) < 4.78 is 0. The van der Waals surface area contributed by atoms with Crippen molar-refractivity contribution >= 4 is 23.1 Å². The molecule has 0 amide bonds. The summed E-state index contributed by atoms with van der Waals surface area (Å²) in [6, 6.07) is 20.2. The molecule has 4 nitrogen and oxygen atoms in total. The zero-order valence-corrected chi connectivity index (χ0v) is 12.5. The van der Waals surface area contributed by atoms with E-state index in [1.165, 1.54) is 6.33 Å². The molecule has 0 unspecified atom stereocenters. The van der Waals surface area contributed by atoms with Gasteiger partial charge in [-0.1, -0.05) is 72.3 Å². The van der Waals surface area contributed by atoms with Gasteiger partial charge in [0.05, 0.1) is 6.04 Å². The predicted molar refractivity (Wildman–Crippen MR) is 89.8 cm³/mol. The van der Waals surface area contributed by atoms with Gasteiger partial charge in [-0.3, -0.25) is 0 Å². The number of rotatable bonds is 4. The third-order valence-electron chi connectivity index (χ3n) is 3.38. The minimum absolute atomic E-state index is 0.0735. The first-order chi connectivity index (χ1) is 10.8. The van der Waals surface area contributed by atoms with E-state index in [1.54, 1.807) is 0 Å². The molecule has 22 heavy (non-hydrogen) atoms. The van der Waals surface area contributed by atoms with Crippen LogP contribution in [0.2, 0.25) is 5.15 Å². The molecule has 3 N–H and O–H groups in total. The van der Waals surface area contributed by atoms with Gasteiger partial charge in [-0.2, -0.15) is 0 Å². The predicted octanol–water partition coefficient (Wildman–Crippen LogP) is 3.91. The molecule has 0 bridgehead atoms. The summed E-state index contributed by atoms with van der Waals surface area (Å²) in [5.74, 6) is 0.526. The quantitative estimate of drug-likeness (QED) is 0.717. The molecule has 0 spiro atoms. The Bertz CT molecular complexity index is 708. The second-order valence-electron chi connectivity index (χ2n) is 4.83. The minimum Gasteiger partial charge on any atom is -0.393 e. The van der Waals surface area contributed by atoms with Crippen LogP contribution in [-0.2, 0) is 0 Å². The number of hydrogen-bond donors (Lipinski definition) is 2. The van der Waals surface area contributed by atoms with Crippen LogP contribution in [0, 0.1) is 0 Å². The van der Waals surface area contributed by atoms with Crippen molar-refractivity contribution in [2.75, 3.05) is 11.1 Å². The summed E-state index contributed by atoms with van der Waals surface area (Å²) in [4.78, 5) is 8.08. The molecule has 5 heteroatoms. The van der Waals surface area contributed by atoms with Gasteiger partial charge < -0.3 is 11.1 Å². The number of nitrogens with one attached hydrogen (secondary N) is 1. The summed E-state index contributed by atoms with van der Waals surface area (Å²) in [6.45, 7) is 0. The summed E-state index contributed by atoms with van der Waals surface area (Å²) in [6.07, 6.45) is 1.40. The van der Waals surface area contributed by atoms with Gasteiger partial charge in [0.1, 0.15) is 12.0 Å². The Balaban J connectivity index is 2.01. The largest absolute Gasteiger partial charge is 0.393 e. The highest BCUT2D eigenvalue weighted by molar-refractivity contribution is 6.32. The maximum atomic E-state index is 5.97. The van der Waals surface area contributed by atoms with Crippen molar-refractivity contribution in [3.8, 4) is 0 Å². The SMILES string of the molecule is Nc1c(Cl)ncnc1NC(c1ccccc1)c1ccccc1. The second kappa shape index (κ2) is 6.45. The van der Waals surface area contributed by atoms with Crippen molar-refractivity contribution in [3.05, 3.63) is 83.3 Å². The number of benzene rings is 2. The van der Waals surface area contributed by atoms with Crippen molar-refractivity contribution in [2.45, 2.75) is 6.04 Å². The first kappa shape index (κ1) is 14.4. The van der Waals surface area contributed by atoms with E-state index in [-0.39, 0.29) is 11.2 Å². The first-order valence-electron chi connectivity index (χ1n) is 6.88. The number of nitrogens with two attached hydrogens (primary N) is 1. The summed E-state index contributed by atoms with van der Waals surface area (Å²) in [5.41, 5.74) is 8.54. The Morgan fingerprint density at radius 1 is 0.864 bits per heavy atom. The minimum atomic E-state index is -0.0735. The van der Waals surface area contributed by atoms with Gasteiger partial charge in [0, 0.05) is 0 Å². The maximum Gasteiger partial charge on any atom is 0.157 e. The molecule has 0 saturated carbocycles. The zero-order valence-electron chi connectivity index (χ0n) is 11.8. The Labute approximate surface area is 134 Å². The first-order valence-corrected chi connectivity index (χ1v) is 7.26. The van der Waals surface area contributed by atoms with Crippen LogP contribution in [0.4, 0.5) is 11.5 Å². The lowest BCUT2D eigenvalue weighted by atomic mass is 9.99. The molecule has 3 rings (SSSR count). The monoisotopic (exact) mass is 310 g/mol. The maximum absolute atomic E-state index is 5.97. The number of aromatic nitrogens is 2. The van der Waals surface area contributed by atoms with Crippen LogP contribution in [0.3, 0.4) is 0 Å². The zero-order chi connectivity index (χ0) is 15.4. The Morgan fingerprint density at radius 3 is 1.95 bits per heavy atom. The highest BCUT2D eigenvalue weighted by Crippen LogP contribution is 2.30. The Kier molecular flexibility index (Phi) is 4.21. The van der Waals surface area contributed by atoms with E-state index in [1.807, 2.05) is 36.4 Å². The third-order valence-corrected chi connectivity index (χ3v) is 3.68. The molecule has 0 atom stereocenters. The molecule has 0 fully saturated rings. The molecule has 0 radical (unpaired) electrons. The van der Waals surface area contributed by atoms with Gasteiger partial charge in [0.25, 0.3) is 0 Å². The average Bonchev–Trinajstić information content (AvgIpc) is 2.58. The number of nitrogens with zero attached hydrogens (tertiary/aromatic N) is 2. The molecule has 3 aromatic rings. The normalized spacial score (nSPS) is 10.6. The lowest BCUT2D eigenvalue weighted by molar-refractivity contribution is 0.924. The fourth-order valence-corrected chi connectivity index (χ4v) is 2.41. The smallest absolute Gasteiger partial charge is 0.157 e. The standard InChI is InChI=1S/C17H15ClN4/c18-16-14(19)17(21-11-20-16)22-15(12-7-3-1-4-8-12)13-9-5-2-6-10-13/h1-11,15H,19H2,(H,20,21,22). The number of halogens is 1. The van der Waals surface area contributed by atoms with Crippen molar-refractivity contribution < 1.29 is 0 Å². The molecule has 0 aliphatic rings. The van der Waals surface area contributed by atoms with Gasteiger partial charge >= 0.3 is 0 Å². The fourth-order valence-electron chi connectivity index (χ4n) is 2.28. The van der Waals surface area contributed by atoms with Crippen molar-refractivity contribution in [2.24, 2.45) is 0 Å². The van der Waals surface area contributed by atoms with Gasteiger partial charge in [-0.15, -0.1) is 0 Å². The summed E-state index contributed by atoms with van der Waals surface area (Å²) in [5, 5.41) is 3.61. The molecular formula is C17H15ClN4. The summed E-state index contributed by atoms with van der Waals surface area (Å²) >= 11 is 5.97. The Hall–Kier alpha value is -2.59. The van der Waals surface area contributed by atoms with Crippen LogP contribution in [0.5, 0.6) is 0 Å². The molecule has 2 aromatic carbocycles. The van der Waals surface area contributed by atoms with Gasteiger partial charge in [0.2, 0.25) is 0 Å². The topological polar surface area (TPSA) is 63.8 Å². The molecule has 0 aliphatic heterocycles. The molecule has 0 saturated heterocycles. The van der Waals surface area contributed by atoms with Crippen LogP contribution < -0.4 is 11.1 Å². The molecular weight excluding hydrogens is 296 g/mol. The third kappa shape index (κ3) is 3.02. The van der Waals surface area contributed by atoms with Crippen LogP contribution in [0.25, 0.3) is 0 Å². The lowest BCUT2D eigenvalue weighted by Crippen LogP contribution is -2.14. The molecule has 1 aromatic heterocycles. The van der Waals surface area contributed by atoms with Crippen LogP contribution in [0.1, 0.15) is 17.2 Å². The van der Waals surface area contributed by atoms with Crippen molar-refractivity contribution in [1.29, 1.82) is 0 Å². The van der Waals surface area contributed by atoms with E-state index >= 15 is 0 Å². The van der Waals surface area contributed by atoms with Gasteiger partial charge in [-0.05, 0) is 11.1 Å². The van der Waals surface area contributed by atoms with Crippen LogP contribution in [-0.4, -0.2) is 9.97 Å². The molecule has 110 valence electrons. The highest BCUT2D eigenvalue weighted by Gasteiger charge is 2.16. The van der Waals surface area contributed by atoms with E-state index in [9.17, 15) is 0 Å². The lowest BCUT2D eigenvalue weighted by Gasteiger charge is -2.21. The van der Waals surface area contributed by atoms with Gasteiger partial charge in [0.15, 0.2) is 11.0 Å². The number of anilines is 2. The van der Waals surface area contributed by atoms with Crippen LogP contribution in [0.15, 0.2) is 67.0 Å². The van der Waals surface area contributed by atoms with Gasteiger partial charge in [-0.25, -0.2) is 9.97 Å². The van der Waals surface area contributed by atoms with E-state index in [4.69, 9.17) is 17.3 Å². The van der Waals surface area contributed by atoms with E-state index < -0.39 is 0 Å².